The van der Waals surface area contributed by atoms with Gasteiger partial charge in [0.2, 0.25) is 5.91 Å². The Bertz CT molecular complexity index is 923. The molecule has 126 valence electrons. The molecule has 6 nitrogen and oxygen atoms in total. The predicted molar refractivity (Wildman–Crippen MR) is 94.6 cm³/mol. The van der Waals surface area contributed by atoms with E-state index in [-0.39, 0.29) is 11.7 Å². The number of fused-ring (bicyclic) bond motifs is 1. The van der Waals surface area contributed by atoms with Gasteiger partial charge in [-0.05, 0) is 31.9 Å². The van der Waals surface area contributed by atoms with Crippen LogP contribution < -0.4 is 11.1 Å². The molecular formula is C17H19N3O3S. The molecule has 0 radical (unpaired) electrons. The zero-order valence-corrected chi connectivity index (χ0v) is 14.5. The van der Waals surface area contributed by atoms with Crippen LogP contribution in [0.1, 0.15) is 30.3 Å². The highest BCUT2D eigenvalue weighted by atomic mass is 32.1. The Kier molecular flexibility index (Phi) is 4.80. The Hall–Kier alpha value is -2.41. The Balaban J connectivity index is 1.58. The number of oxazole rings is 1. The molecule has 24 heavy (non-hydrogen) atoms. The fourth-order valence-electron chi connectivity index (χ4n) is 2.61. The number of nitrogens with zero attached hydrogens (tertiary/aromatic N) is 2. The van der Waals surface area contributed by atoms with Gasteiger partial charge in [-0.15, -0.1) is 11.3 Å². The number of thiazole rings is 1. The summed E-state index contributed by atoms with van der Waals surface area (Å²) in [7, 11) is 0. The highest BCUT2D eigenvalue weighted by molar-refractivity contribution is 7.15. The van der Waals surface area contributed by atoms with Gasteiger partial charge in [-0.2, -0.15) is 0 Å². The maximum atomic E-state index is 12.0. The van der Waals surface area contributed by atoms with Crippen molar-refractivity contribution in [3.8, 4) is 0 Å². The van der Waals surface area contributed by atoms with Crippen molar-refractivity contribution < 1.29 is 9.21 Å². The first-order valence-electron chi connectivity index (χ1n) is 7.93. The third-order valence-electron chi connectivity index (χ3n) is 3.83. The highest BCUT2D eigenvalue weighted by Gasteiger charge is 2.11. The normalized spacial score (nSPS) is 11.1. The molecule has 0 saturated heterocycles. The number of carbonyl (C=O) groups excluding carboxylic acids is 1. The first-order valence-corrected chi connectivity index (χ1v) is 8.74. The second-order valence-electron chi connectivity index (χ2n) is 5.51. The smallest absolute Gasteiger partial charge is 0.408 e. The van der Waals surface area contributed by atoms with Crippen molar-refractivity contribution in [2.45, 2.75) is 39.7 Å². The number of para-hydroxylation sites is 2. The molecule has 1 amide bonds. The van der Waals surface area contributed by atoms with Gasteiger partial charge in [0, 0.05) is 17.8 Å². The Morgan fingerprint density at radius 1 is 1.38 bits per heavy atom. The van der Waals surface area contributed by atoms with Crippen LogP contribution in [0.5, 0.6) is 0 Å². The van der Waals surface area contributed by atoms with Crippen LogP contribution >= 0.6 is 11.3 Å². The van der Waals surface area contributed by atoms with E-state index >= 15 is 0 Å². The Labute approximate surface area is 143 Å². The standard InChI is InChI=1S/C17H19N3O3S/c1-3-12-11(2)24-16(18-12)19-15(21)9-6-10-20-13-7-4-5-8-14(13)23-17(20)22/h4-5,7-8H,3,6,9-10H2,1-2H3,(H,18,19,21). The molecule has 0 spiro atoms. The van der Waals surface area contributed by atoms with E-state index in [2.05, 4.69) is 10.3 Å². The number of hydrogen-bond donors (Lipinski definition) is 1. The predicted octanol–water partition coefficient (Wildman–Crippen LogP) is 3.34. The summed E-state index contributed by atoms with van der Waals surface area (Å²) >= 11 is 1.49. The molecule has 1 aromatic carbocycles. The highest BCUT2D eigenvalue weighted by Crippen LogP contribution is 2.22. The number of aryl methyl sites for hydroxylation is 3. The summed E-state index contributed by atoms with van der Waals surface area (Å²) < 4.78 is 6.74. The van der Waals surface area contributed by atoms with E-state index in [1.165, 1.54) is 11.3 Å². The van der Waals surface area contributed by atoms with Gasteiger partial charge in [0.25, 0.3) is 0 Å². The second-order valence-corrected chi connectivity index (χ2v) is 6.72. The molecule has 0 bridgehead atoms. The van der Waals surface area contributed by atoms with Gasteiger partial charge in [0.15, 0.2) is 10.7 Å². The molecular weight excluding hydrogens is 326 g/mol. The number of rotatable bonds is 6. The maximum absolute atomic E-state index is 12.0. The number of anilines is 1. The third kappa shape index (κ3) is 3.41. The van der Waals surface area contributed by atoms with Gasteiger partial charge in [0.05, 0.1) is 11.2 Å². The van der Waals surface area contributed by atoms with Crippen LogP contribution in [0.25, 0.3) is 11.1 Å². The van der Waals surface area contributed by atoms with Gasteiger partial charge >= 0.3 is 5.76 Å². The topological polar surface area (TPSA) is 77.1 Å². The quantitative estimate of drug-likeness (QED) is 0.743. The molecule has 0 unspecified atom stereocenters. The van der Waals surface area contributed by atoms with Crippen molar-refractivity contribution >= 4 is 33.5 Å². The van der Waals surface area contributed by atoms with Gasteiger partial charge in [-0.3, -0.25) is 9.36 Å². The van der Waals surface area contributed by atoms with Gasteiger partial charge in [0.1, 0.15) is 0 Å². The van der Waals surface area contributed by atoms with Gasteiger partial charge < -0.3 is 9.73 Å². The molecule has 1 N–H and O–H groups in total. The zero-order valence-electron chi connectivity index (χ0n) is 13.7. The minimum absolute atomic E-state index is 0.0905. The van der Waals surface area contributed by atoms with Crippen LogP contribution in [0.4, 0.5) is 5.13 Å². The van der Waals surface area contributed by atoms with E-state index < -0.39 is 0 Å². The molecule has 0 aliphatic heterocycles. The van der Waals surface area contributed by atoms with E-state index in [1.807, 2.05) is 32.0 Å². The summed E-state index contributed by atoms with van der Waals surface area (Å²) in [6.07, 6.45) is 1.74. The van der Waals surface area contributed by atoms with Crippen molar-refractivity contribution in [3.05, 3.63) is 45.4 Å². The lowest BCUT2D eigenvalue weighted by atomic mass is 10.3. The summed E-state index contributed by atoms with van der Waals surface area (Å²) in [5.41, 5.74) is 2.34. The molecule has 0 saturated carbocycles. The number of carbonyl (C=O) groups is 1. The first-order chi connectivity index (χ1) is 11.6. The minimum atomic E-state index is -0.389. The monoisotopic (exact) mass is 345 g/mol. The molecule has 2 aromatic heterocycles. The van der Waals surface area contributed by atoms with Crippen LogP contribution in [0.2, 0.25) is 0 Å². The summed E-state index contributed by atoms with van der Waals surface area (Å²) in [5, 5.41) is 3.47. The fourth-order valence-corrected chi connectivity index (χ4v) is 3.53. The Morgan fingerprint density at radius 2 is 2.17 bits per heavy atom. The van der Waals surface area contributed by atoms with E-state index in [4.69, 9.17) is 4.42 Å². The molecule has 2 heterocycles. The van der Waals surface area contributed by atoms with Crippen LogP contribution in [-0.4, -0.2) is 15.5 Å². The number of aromatic nitrogens is 2. The minimum Gasteiger partial charge on any atom is -0.408 e. The lowest BCUT2D eigenvalue weighted by Crippen LogP contribution is -2.17. The van der Waals surface area contributed by atoms with Gasteiger partial charge in [-0.25, -0.2) is 9.78 Å². The van der Waals surface area contributed by atoms with Crippen LogP contribution in [0.15, 0.2) is 33.5 Å². The van der Waals surface area contributed by atoms with Crippen molar-refractivity contribution in [3.63, 3.8) is 0 Å². The lowest BCUT2D eigenvalue weighted by molar-refractivity contribution is -0.116. The third-order valence-corrected chi connectivity index (χ3v) is 4.76. The molecule has 0 atom stereocenters. The van der Waals surface area contributed by atoms with E-state index in [0.29, 0.717) is 30.1 Å². The van der Waals surface area contributed by atoms with E-state index in [0.717, 1.165) is 22.5 Å². The van der Waals surface area contributed by atoms with Gasteiger partial charge in [-0.1, -0.05) is 19.1 Å². The SMILES string of the molecule is CCc1nc(NC(=O)CCCn2c(=O)oc3ccccc32)sc1C. The molecule has 7 heteroatoms. The average Bonchev–Trinajstić information content (AvgIpc) is 3.07. The van der Waals surface area contributed by atoms with Crippen molar-refractivity contribution in [1.29, 1.82) is 0 Å². The van der Waals surface area contributed by atoms with Crippen LogP contribution in [0, 0.1) is 6.92 Å². The number of benzene rings is 1. The number of hydrogen-bond acceptors (Lipinski definition) is 5. The largest absolute Gasteiger partial charge is 0.419 e. The van der Waals surface area contributed by atoms with E-state index in [9.17, 15) is 9.59 Å². The summed E-state index contributed by atoms with van der Waals surface area (Å²) in [6.45, 7) is 4.49. The second kappa shape index (κ2) is 7.00. The lowest BCUT2D eigenvalue weighted by Gasteiger charge is -2.03. The average molecular weight is 345 g/mol. The molecule has 3 rings (SSSR count). The zero-order chi connectivity index (χ0) is 17.1. The van der Waals surface area contributed by atoms with Crippen molar-refractivity contribution in [1.82, 2.24) is 9.55 Å². The Morgan fingerprint density at radius 3 is 2.92 bits per heavy atom. The maximum Gasteiger partial charge on any atom is 0.419 e. The molecule has 0 aliphatic carbocycles. The fraction of sp³-hybridized carbons (Fsp3) is 0.353. The van der Waals surface area contributed by atoms with Crippen LogP contribution in [-0.2, 0) is 17.8 Å². The number of amides is 1. The summed E-state index contributed by atoms with van der Waals surface area (Å²) in [6, 6.07) is 7.28. The van der Waals surface area contributed by atoms with Crippen molar-refractivity contribution in [2.24, 2.45) is 0 Å². The van der Waals surface area contributed by atoms with Crippen molar-refractivity contribution in [2.75, 3.05) is 5.32 Å². The summed E-state index contributed by atoms with van der Waals surface area (Å²) in [5.74, 6) is -0.480. The first kappa shape index (κ1) is 16.4. The van der Waals surface area contributed by atoms with E-state index in [1.54, 1.807) is 10.6 Å². The molecule has 3 aromatic rings. The molecule has 0 fully saturated rings. The van der Waals surface area contributed by atoms with Crippen LogP contribution in [0.3, 0.4) is 0 Å². The molecule has 0 aliphatic rings. The summed E-state index contributed by atoms with van der Waals surface area (Å²) in [4.78, 5) is 29.4. The number of nitrogens with one attached hydrogen (secondary N) is 1.